The Morgan fingerprint density at radius 3 is 2.69 bits per heavy atom. The van der Waals surface area contributed by atoms with E-state index in [4.69, 9.17) is 9.47 Å². The van der Waals surface area contributed by atoms with Crippen molar-refractivity contribution in [2.45, 2.75) is 6.54 Å². The molecule has 0 saturated heterocycles. The van der Waals surface area contributed by atoms with E-state index in [0.29, 0.717) is 47.5 Å². The number of carbonyl (C=O) groups excluding carboxylic acids is 1. The average molecular weight is 351 g/mol. The Hall–Kier alpha value is -3.42. The SMILES string of the molecule is COc1ccc(-c2nccc(-c3cc4n(n3)CCNC4=O)n2)cc1OC. The van der Waals surface area contributed by atoms with Gasteiger partial charge in [-0.25, -0.2) is 9.97 Å². The van der Waals surface area contributed by atoms with E-state index in [2.05, 4.69) is 20.4 Å². The van der Waals surface area contributed by atoms with Gasteiger partial charge in [0, 0.05) is 18.3 Å². The van der Waals surface area contributed by atoms with Crippen LogP contribution in [0.2, 0.25) is 0 Å². The Morgan fingerprint density at radius 2 is 1.92 bits per heavy atom. The van der Waals surface area contributed by atoms with E-state index in [1.807, 2.05) is 18.2 Å². The zero-order valence-corrected chi connectivity index (χ0v) is 14.4. The van der Waals surface area contributed by atoms with Crippen molar-refractivity contribution in [3.8, 4) is 34.3 Å². The largest absolute Gasteiger partial charge is 0.493 e. The molecule has 1 N–H and O–H groups in total. The van der Waals surface area contributed by atoms with Gasteiger partial charge in [-0.1, -0.05) is 0 Å². The van der Waals surface area contributed by atoms with Crippen molar-refractivity contribution < 1.29 is 14.3 Å². The van der Waals surface area contributed by atoms with Gasteiger partial charge in [0.1, 0.15) is 11.4 Å². The minimum absolute atomic E-state index is 0.121. The van der Waals surface area contributed by atoms with E-state index in [1.165, 1.54) is 0 Å². The van der Waals surface area contributed by atoms with Gasteiger partial charge < -0.3 is 14.8 Å². The fourth-order valence-corrected chi connectivity index (χ4v) is 2.88. The normalized spacial score (nSPS) is 13.1. The highest BCUT2D eigenvalue weighted by atomic mass is 16.5. The maximum atomic E-state index is 11.9. The first-order chi connectivity index (χ1) is 12.7. The van der Waals surface area contributed by atoms with Gasteiger partial charge in [-0.15, -0.1) is 0 Å². The van der Waals surface area contributed by atoms with Crippen LogP contribution in [0, 0.1) is 0 Å². The topological polar surface area (TPSA) is 91.2 Å². The van der Waals surface area contributed by atoms with Gasteiger partial charge in [-0.2, -0.15) is 5.10 Å². The molecule has 0 radical (unpaired) electrons. The second-order valence-electron chi connectivity index (χ2n) is 5.73. The molecule has 1 aliphatic heterocycles. The third-order valence-corrected chi connectivity index (χ3v) is 4.18. The number of amides is 1. The Balaban J connectivity index is 1.73. The highest BCUT2D eigenvalue weighted by Crippen LogP contribution is 2.31. The molecule has 3 aromatic rings. The number of benzene rings is 1. The molecule has 0 atom stereocenters. The molecule has 1 aliphatic rings. The van der Waals surface area contributed by atoms with E-state index in [-0.39, 0.29) is 5.91 Å². The molecule has 0 bridgehead atoms. The summed E-state index contributed by atoms with van der Waals surface area (Å²) in [5, 5.41) is 7.29. The van der Waals surface area contributed by atoms with Crippen LogP contribution in [0.4, 0.5) is 0 Å². The van der Waals surface area contributed by atoms with Gasteiger partial charge in [-0.05, 0) is 30.3 Å². The summed E-state index contributed by atoms with van der Waals surface area (Å²) < 4.78 is 12.3. The van der Waals surface area contributed by atoms with Crippen molar-refractivity contribution in [2.75, 3.05) is 20.8 Å². The number of hydrogen-bond acceptors (Lipinski definition) is 6. The second-order valence-corrected chi connectivity index (χ2v) is 5.73. The van der Waals surface area contributed by atoms with Crippen molar-refractivity contribution in [1.29, 1.82) is 0 Å². The fourth-order valence-electron chi connectivity index (χ4n) is 2.88. The van der Waals surface area contributed by atoms with E-state index in [0.717, 1.165) is 5.56 Å². The molecular weight excluding hydrogens is 334 g/mol. The highest BCUT2D eigenvalue weighted by molar-refractivity contribution is 5.94. The lowest BCUT2D eigenvalue weighted by molar-refractivity contribution is 0.0924. The Kier molecular flexibility index (Phi) is 4.00. The fraction of sp³-hybridized carbons (Fsp3) is 0.222. The first-order valence-electron chi connectivity index (χ1n) is 8.11. The van der Waals surface area contributed by atoms with Crippen molar-refractivity contribution in [3.63, 3.8) is 0 Å². The molecule has 8 heteroatoms. The van der Waals surface area contributed by atoms with E-state index >= 15 is 0 Å². The number of carbonyl (C=O) groups is 1. The molecule has 3 heterocycles. The van der Waals surface area contributed by atoms with Crippen LogP contribution in [0.3, 0.4) is 0 Å². The van der Waals surface area contributed by atoms with E-state index in [9.17, 15) is 4.79 Å². The zero-order chi connectivity index (χ0) is 18.1. The number of fused-ring (bicyclic) bond motifs is 1. The molecule has 4 rings (SSSR count). The lowest BCUT2D eigenvalue weighted by Gasteiger charge is -2.13. The third-order valence-electron chi connectivity index (χ3n) is 4.18. The van der Waals surface area contributed by atoms with E-state index < -0.39 is 0 Å². The Bertz CT molecular complexity index is 983. The summed E-state index contributed by atoms with van der Waals surface area (Å²) in [5.74, 6) is 1.66. The van der Waals surface area contributed by atoms with Crippen LogP contribution in [-0.2, 0) is 6.54 Å². The summed E-state index contributed by atoms with van der Waals surface area (Å²) in [5.41, 5.74) is 2.63. The lowest BCUT2D eigenvalue weighted by Crippen LogP contribution is -2.35. The van der Waals surface area contributed by atoms with Crippen LogP contribution < -0.4 is 14.8 Å². The molecule has 132 valence electrons. The van der Waals surface area contributed by atoms with E-state index in [1.54, 1.807) is 37.2 Å². The standard InChI is InChI=1S/C18H17N5O3/c1-25-15-4-3-11(9-16(15)26-2)17-19-6-5-12(21-17)13-10-14-18(24)20-7-8-23(14)22-13/h3-6,9-10H,7-8H2,1-2H3,(H,20,24). The second kappa shape index (κ2) is 6.47. The molecular formula is C18H17N5O3. The molecule has 0 fully saturated rings. The number of nitrogens with one attached hydrogen (secondary N) is 1. The van der Waals surface area contributed by atoms with Crippen LogP contribution in [0.15, 0.2) is 36.5 Å². The van der Waals surface area contributed by atoms with Crippen LogP contribution in [-0.4, -0.2) is 46.4 Å². The maximum absolute atomic E-state index is 11.9. The van der Waals surface area contributed by atoms with Crippen molar-refractivity contribution in [3.05, 3.63) is 42.2 Å². The Morgan fingerprint density at radius 1 is 1.08 bits per heavy atom. The molecule has 2 aromatic heterocycles. The molecule has 0 unspecified atom stereocenters. The monoisotopic (exact) mass is 351 g/mol. The van der Waals surface area contributed by atoms with Gasteiger partial charge in [0.05, 0.1) is 26.5 Å². The maximum Gasteiger partial charge on any atom is 0.269 e. The van der Waals surface area contributed by atoms with Crippen LogP contribution in [0.5, 0.6) is 11.5 Å². The van der Waals surface area contributed by atoms with Crippen molar-refractivity contribution >= 4 is 5.91 Å². The minimum atomic E-state index is -0.121. The number of hydrogen-bond donors (Lipinski definition) is 1. The molecule has 0 spiro atoms. The summed E-state index contributed by atoms with van der Waals surface area (Å²) >= 11 is 0. The van der Waals surface area contributed by atoms with Gasteiger partial charge in [-0.3, -0.25) is 9.48 Å². The lowest BCUT2D eigenvalue weighted by atomic mass is 10.1. The summed E-state index contributed by atoms with van der Waals surface area (Å²) in [6.45, 7) is 1.22. The third kappa shape index (κ3) is 2.75. The number of methoxy groups -OCH3 is 2. The summed E-state index contributed by atoms with van der Waals surface area (Å²) in [6.07, 6.45) is 1.67. The molecule has 0 aliphatic carbocycles. The number of nitrogens with zero attached hydrogens (tertiary/aromatic N) is 4. The number of rotatable bonds is 4. The summed E-state index contributed by atoms with van der Waals surface area (Å²) in [6, 6.07) is 9.02. The molecule has 0 saturated carbocycles. The zero-order valence-electron chi connectivity index (χ0n) is 14.4. The first kappa shape index (κ1) is 16.1. The predicted molar refractivity (Wildman–Crippen MR) is 94.1 cm³/mol. The molecule has 26 heavy (non-hydrogen) atoms. The highest BCUT2D eigenvalue weighted by Gasteiger charge is 2.20. The van der Waals surface area contributed by atoms with Crippen LogP contribution >= 0.6 is 0 Å². The van der Waals surface area contributed by atoms with Crippen LogP contribution in [0.1, 0.15) is 10.5 Å². The number of aromatic nitrogens is 4. The van der Waals surface area contributed by atoms with Crippen LogP contribution in [0.25, 0.3) is 22.8 Å². The predicted octanol–water partition coefficient (Wildman–Crippen LogP) is 1.77. The van der Waals surface area contributed by atoms with Gasteiger partial charge in [0.2, 0.25) is 0 Å². The van der Waals surface area contributed by atoms with Crippen molar-refractivity contribution in [2.24, 2.45) is 0 Å². The Labute approximate surface area is 149 Å². The van der Waals surface area contributed by atoms with Crippen molar-refractivity contribution in [1.82, 2.24) is 25.1 Å². The van der Waals surface area contributed by atoms with Gasteiger partial charge in [0.25, 0.3) is 5.91 Å². The molecule has 1 amide bonds. The first-order valence-corrected chi connectivity index (χ1v) is 8.11. The smallest absolute Gasteiger partial charge is 0.269 e. The minimum Gasteiger partial charge on any atom is -0.493 e. The number of ether oxygens (including phenoxy) is 2. The quantitative estimate of drug-likeness (QED) is 0.770. The summed E-state index contributed by atoms with van der Waals surface area (Å²) in [4.78, 5) is 20.9. The molecule has 8 nitrogen and oxygen atoms in total. The molecule has 1 aromatic carbocycles. The average Bonchev–Trinajstić information content (AvgIpc) is 3.13. The summed E-state index contributed by atoms with van der Waals surface area (Å²) in [7, 11) is 3.17. The van der Waals surface area contributed by atoms with Gasteiger partial charge >= 0.3 is 0 Å². The van der Waals surface area contributed by atoms with Gasteiger partial charge in [0.15, 0.2) is 17.3 Å².